The van der Waals surface area contributed by atoms with Gasteiger partial charge in [-0.1, -0.05) is 13.8 Å². The minimum absolute atomic E-state index is 0.0873. The van der Waals surface area contributed by atoms with E-state index in [-0.39, 0.29) is 19.1 Å². The van der Waals surface area contributed by atoms with Crippen molar-refractivity contribution in [1.82, 2.24) is 0 Å². The molecule has 0 saturated heterocycles. The first-order valence-electron chi connectivity index (χ1n) is 3.51. The third-order valence-electron chi connectivity index (χ3n) is 1.28. The molecule has 0 heterocycles. The summed E-state index contributed by atoms with van der Waals surface area (Å²) in [5.74, 6) is -0.912. The summed E-state index contributed by atoms with van der Waals surface area (Å²) in [4.78, 5) is 9.94. The zero-order chi connectivity index (χ0) is 8.85. The molecule has 1 atom stereocenters. The van der Waals surface area contributed by atoms with E-state index in [1.54, 1.807) is 0 Å². The van der Waals surface area contributed by atoms with Crippen molar-refractivity contribution >= 4 is 5.97 Å². The smallest absolute Gasteiger partial charge is 0.329 e. The Balaban J connectivity index is 3.31. The van der Waals surface area contributed by atoms with Gasteiger partial charge in [-0.2, -0.15) is 0 Å². The average Bonchev–Trinajstić information content (AvgIpc) is 1.86. The van der Waals surface area contributed by atoms with Crippen LogP contribution in [-0.2, 0) is 9.53 Å². The number of carbonyl (C=O) groups is 1. The maximum Gasteiger partial charge on any atom is 0.329 e. The zero-order valence-electron chi connectivity index (χ0n) is 6.78. The second kappa shape index (κ2) is 5.09. The lowest BCUT2D eigenvalue weighted by Gasteiger charge is -2.13. The van der Waals surface area contributed by atoms with Gasteiger partial charge in [-0.15, -0.1) is 0 Å². The van der Waals surface area contributed by atoms with E-state index in [0.29, 0.717) is 0 Å². The minimum atomic E-state index is -1.01. The number of ether oxygens (including phenoxy) is 1. The van der Waals surface area contributed by atoms with Crippen LogP contribution in [0.15, 0.2) is 0 Å². The zero-order valence-corrected chi connectivity index (χ0v) is 6.78. The molecular weight excluding hydrogens is 148 g/mol. The van der Waals surface area contributed by atoms with Gasteiger partial charge in [0.1, 0.15) is 6.61 Å². The van der Waals surface area contributed by atoms with Crippen LogP contribution in [0.3, 0.4) is 0 Å². The van der Waals surface area contributed by atoms with Crippen LogP contribution in [-0.4, -0.2) is 35.5 Å². The first-order chi connectivity index (χ1) is 5.04. The largest absolute Gasteiger partial charge is 0.480 e. The molecule has 0 aromatic carbocycles. The van der Waals surface area contributed by atoms with E-state index in [9.17, 15) is 4.79 Å². The van der Waals surface area contributed by atoms with E-state index in [1.807, 2.05) is 13.8 Å². The third kappa shape index (κ3) is 5.82. The first-order valence-corrected chi connectivity index (χ1v) is 3.51. The third-order valence-corrected chi connectivity index (χ3v) is 1.28. The van der Waals surface area contributed by atoms with Gasteiger partial charge >= 0.3 is 5.97 Å². The van der Waals surface area contributed by atoms with Crippen LogP contribution in [0.25, 0.3) is 0 Å². The van der Waals surface area contributed by atoms with Crippen LogP contribution in [0.2, 0.25) is 0 Å². The van der Waals surface area contributed by atoms with Crippen molar-refractivity contribution in [1.29, 1.82) is 0 Å². The lowest BCUT2D eigenvalue weighted by Crippen LogP contribution is -2.23. The van der Waals surface area contributed by atoms with E-state index in [2.05, 4.69) is 4.74 Å². The Morgan fingerprint density at radius 2 is 2.09 bits per heavy atom. The molecule has 0 fully saturated rings. The van der Waals surface area contributed by atoms with Crippen LogP contribution in [0.1, 0.15) is 13.8 Å². The van der Waals surface area contributed by atoms with E-state index >= 15 is 0 Å². The van der Waals surface area contributed by atoms with Crippen LogP contribution in [0.4, 0.5) is 0 Å². The van der Waals surface area contributed by atoms with E-state index in [0.717, 1.165) is 0 Å². The van der Waals surface area contributed by atoms with Gasteiger partial charge in [-0.3, -0.25) is 0 Å². The second-order valence-electron chi connectivity index (χ2n) is 2.72. The molecule has 0 aliphatic rings. The Morgan fingerprint density at radius 3 is 2.45 bits per heavy atom. The standard InChI is InChI=1S/C7H14O4/c1-5(2)6(8)3-11-4-7(9)10/h5-6,8H,3-4H2,1-2H3,(H,9,10). The van der Waals surface area contributed by atoms with Gasteiger partial charge in [0.05, 0.1) is 12.7 Å². The number of hydrogen-bond donors (Lipinski definition) is 2. The molecule has 0 radical (unpaired) electrons. The van der Waals surface area contributed by atoms with Gasteiger partial charge in [-0.25, -0.2) is 4.79 Å². The van der Waals surface area contributed by atoms with Crippen molar-refractivity contribution in [3.05, 3.63) is 0 Å². The first kappa shape index (κ1) is 10.4. The molecule has 0 aromatic rings. The highest BCUT2D eigenvalue weighted by Gasteiger charge is 2.09. The molecule has 66 valence electrons. The van der Waals surface area contributed by atoms with Crippen molar-refractivity contribution in [2.75, 3.05) is 13.2 Å². The van der Waals surface area contributed by atoms with Gasteiger partial charge in [-0.05, 0) is 5.92 Å². The van der Waals surface area contributed by atoms with Gasteiger partial charge < -0.3 is 14.9 Å². The Kier molecular flexibility index (Phi) is 4.81. The van der Waals surface area contributed by atoms with Crippen LogP contribution < -0.4 is 0 Å². The molecule has 4 heteroatoms. The fourth-order valence-corrected chi connectivity index (χ4v) is 0.459. The van der Waals surface area contributed by atoms with Crippen LogP contribution in [0, 0.1) is 5.92 Å². The predicted molar refractivity (Wildman–Crippen MR) is 39.3 cm³/mol. The molecule has 0 aliphatic carbocycles. The van der Waals surface area contributed by atoms with Crippen molar-refractivity contribution < 1.29 is 19.7 Å². The Labute approximate surface area is 65.8 Å². The van der Waals surface area contributed by atoms with Crippen molar-refractivity contribution in [2.24, 2.45) is 5.92 Å². The Hall–Kier alpha value is -0.610. The molecule has 0 saturated carbocycles. The summed E-state index contributed by atoms with van der Waals surface area (Å²) in [5, 5.41) is 17.3. The number of aliphatic hydroxyl groups excluding tert-OH is 1. The molecule has 0 rings (SSSR count). The van der Waals surface area contributed by atoms with E-state index < -0.39 is 12.1 Å². The normalized spacial score (nSPS) is 13.5. The number of carboxylic acid groups (broad SMARTS) is 1. The molecular formula is C7H14O4. The Bertz CT molecular complexity index is 122. The summed E-state index contributed by atoms with van der Waals surface area (Å²) in [6.07, 6.45) is -0.575. The van der Waals surface area contributed by atoms with Crippen LogP contribution >= 0.6 is 0 Å². The molecule has 0 aromatic heterocycles. The molecule has 4 nitrogen and oxygen atoms in total. The SMILES string of the molecule is CC(C)C(O)COCC(=O)O. The molecule has 11 heavy (non-hydrogen) atoms. The summed E-state index contributed by atoms with van der Waals surface area (Å²) < 4.78 is 4.67. The molecule has 1 unspecified atom stereocenters. The number of carboxylic acids is 1. The predicted octanol–water partition coefficient (Wildman–Crippen LogP) is 0.104. The van der Waals surface area contributed by atoms with Crippen molar-refractivity contribution in [3.63, 3.8) is 0 Å². The number of aliphatic carboxylic acids is 1. The summed E-state index contributed by atoms with van der Waals surface area (Å²) in [6, 6.07) is 0. The lowest BCUT2D eigenvalue weighted by atomic mass is 10.1. The van der Waals surface area contributed by atoms with Crippen molar-refractivity contribution in [3.8, 4) is 0 Å². The maximum absolute atomic E-state index is 9.94. The quantitative estimate of drug-likeness (QED) is 0.602. The summed E-state index contributed by atoms with van der Waals surface area (Å²) in [6.45, 7) is 3.43. The van der Waals surface area contributed by atoms with Crippen LogP contribution in [0.5, 0.6) is 0 Å². The van der Waals surface area contributed by atoms with E-state index in [1.165, 1.54) is 0 Å². The maximum atomic E-state index is 9.94. The van der Waals surface area contributed by atoms with Gasteiger partial charge in [0, 0.05) is 0 Å². The average molecular weight is 162 g/mol. The van der Waals surface area contributed by atoms with Crippen molar-refractivity contribution in [2.45, 2.75) is 20.0 Å². The highest BCUT2D eigenvalue weighted by atomic mass is 16.5. The lowest BCUT2D eigenvalue weighted by molar-refractivity contribution is -0.143. The monoisotopic (exact) mass is 162 g/mol. The van der Waals surface area contributed by atoms with Gasteiger partial charge in [0.25, 0.3) is 0 Å². The summed E-state index contributed by atoms with van der Waals surface area (Å²) in [7, 11) is 0. The molecule has 2 N–H and O–H groups in total. The molecule has 0 spiro atoms. The number of aliphatic hydroxyl groups is 1. The fourth-order valence-electron chi connectivity index (χ4n) is 0.459. The summed E-state index contributed by atoms with van der Waals surface area (Å²) in [5.41, 5.74) is 0. The van der Waals surface area contributed by atoms with Gasteiger partial charge in [0.2, 0.25) is 0 Å². The molecule has 0 amide bonds. The summed E-state index contributed by atoms with van der Waals surface area (Å²) >= 11 is 0. The topological polar surface area (TPSA) is 66.8 Å². The molecule has 0 aliphatic heterocycles. The fraction of sp³-hybridized carbons (Fsp3) is 0.857. The minimum Gasteiger partial charge on any atom is -0.480 e. The highest BCUT2D eigenvalue weighted by molar-refractivity contribution is 5.67. The molecule has 0 bridgehead atoms. The number of hydrogen-bond acceptors (Lipinski definition) is 3. The van der Waals surface area contributed by atoms with E-state index in [4.69, 9.17) is 10.2 Å². The second-order valence-corrected chi connectivity index (χ2v) is 2.72. The highest BCUT2D eigenvalue weighted by Crippen LogP contribution is 2.00. The number of rotatable bonds is 5. The Morgan fingerprint density at radius 1 is 1.55 bits per heavy atom. The van der Waals surface area contributed by atoms with Gasteiger partial charge in [0.15, 0.2) is 0 Å².